The first-order valence-electron chi connectivity index (χ1n) is 7.54. The van der Waals surface area contributed by atoms with Gasteiger partial charge in [-0.2, -0.15) is 24.9 Å². The van der Waals surface area contributed by atoms with E-state index in [4.69, 9.17) is 10.5 Å². The summed E-state index contributed by atoms with van der Waals surface area (Å²) in [7, 11) is 0. The topological polar surface area (TPSA) is 68.5 Å². The zero-order valence-electron chi connectivity index (χ0n) is 13.3. The summed E-state index contributed by atoms with van der Waals surface area (Å²) >= 11 is 1.63. The van der Waals surface area contributed by atoms with Crippen molar-refractivity contribution in [3.8, 4) is 5.88 Å². The number of halogens is 3. The van der Waals surface area contributed by atoms with Crippen LogP contribution in [0.25, 0.3) is 0 Å². The number of nitrogens with zero attached hydrogens (tertiary/aromatic N) is 2. The van der Waals surface area contributed by atoms with Gasteiger partial charge in [-0.25, -0.2) is 4.98 Å². The van der Waals surface area contributed by atoms with Gasteiger partial charge in [0.2, 0.25) is 11.8 Å². The highest BCUT2D eigenvalue weighted by Gasteiger charge is 2.32. The number of pyridine rings is 1. The van der Waals surface area contributed by atoms with Gasteiger partial charge in [-0.05, 0) is 24.5 Å². The Labute approximate surface area is 142 Å². The molecule has 9 heteroatoms. The summed E-state index contributed by atoms with van der Waals surface area (Å²) in [5.74, 6) is 0.820. The van der Waals surface area contributed by atoms with Crippen LogP contribution in [0.2, 0.25) is 0 Å². The molecule has 1 aromatic heterocycles. The first-order valence-corrected chi connectivity index (χ1v) is 8.94. The Kier molecular flexibility index (Phi) is 6.34. The van der Waals surface area contributed by atoms with Crippen molar-refractivity contribution in [3.05, 3.63) is 23.9 Å². The third kappa shape index (κ3) is 5.01. The maximum atomic E-state index is 12.5. The first kappa shape index (κ1) is 18.9. The lowest BCUT2D eigenvalue weighted by molar-refractivity contribution is -0.138. The summed E-state index contributed by atoms with van der Waals surface area (Å²) in [6.07, 6.45) is -0.799. The Balaban J connectivity index is 1.86. The monoisotopic (exact) mass is 363 g/mol. The van der Waals surface area contributed by atoms with Crippen LogP contribution in [0.3, 0.4) is 0 Å². The van der Waals surface area contributed by atoms with Crippen LogP contribution in [0.1, 0.15) is 18.4 Å². The molecule has 0 aliphatic carbocycles. The number of nitrogens with two attached hydrogens (primary N) is 1. The molecule has 5 nitrogen and oxygen atoms in total. The minimum absolute atomic E-state index is 0.115. The van der Waals surface area contributed by atoms with Crippen molar-refractivity contribution in [2.24, 2.45) is 5.73 Å². The number of carbonyl (C=O) groups is 1. The van der Waals surface area contributed by atoms with E-state index in [2.05, 4.69) is 4.98 Å². The van der Waals surface area contributed by atoms with Gasteiger partial charge in [-0.1, -0.05) is 0 Å². The summed E-state index contributed by atoms with van der Waals surface area (Å²) in [5, 5.41) is 0. The SMILES string of the molecule is CSCC[C@H](N)C(=O)N1CC[C@H](Oc2ccc(C(F)(F)F)cn2)C1. The van der Waals surface area contributed by atoms with E-state index in [1.165, 1.54) is 6.07 Å². The number of rotatable bonds is 6. The first-order chi connectivity index (χ1) is 11.3. The summed E-state index contributed by atoms with van der Waals surface area (Å²) in [5.41, 5.74) is 5.05. The summed E-state index contributed by atoms with van der Waals surface area (Å²) < 4.78 is 43.0. The second kappa shape index (κ2) is 8.06. The fraction of sp³-hybridized carbons (Fsp3) is 0.600. The Bertz CT molecular complexity index is 554. The zero-order valence-corrected chi connectivity index (χ0v) is 14.1. The average Bonchev–Trinajstić information content (AvgIpc) is 3.00. The Morgan fingerprint density at radius 2 is 2.29 bits per heavy atom. The van der Waals surface area contributed by atoms with Crippen LogP contribution in [0.4, 0.5) is 13.2 Å². The Morgan fingerprint density at radius 1 is 1.54 bits per heavy atom. The molecule has 1 aromatic rings. The molecule has 0 aromatic carbocycles. The number of amides is 1. The number of aromatic nitrogens is 1. The summed E-state index contributed by atoms with van der Waals surface area (Å²) in [6.45, 7) is 0.894. The van der Waals surface area contributed by atoms with Gasteiger partial charge in [0, 0.05) is 25.2 Å². The van der Waals surface area contributed by atoms with Crippen molar-refractivity contribution in [2.75, 3.05) is 25.1 Å². The van der Waals surface area contributed by atoms with E-state index in [1.807, 2.05) is 6.26 Å². The van der Waals surface area contributed by atoms with Crippen molar-refractivity contribution >= 4 is 17.7 Å². The normalized spacial score (nSPS) is 19.4. The van der Waals surface area contributed by atoms with Gasteiger partial charge in [0.25, 0.3) is 0 Å². The van der Waals surface area contributed by atoms with E-state index in [0.717, 1.165) is 18.0 Å². The molecule has 0 bridgehead atoms. The minimum Gasteiger partial charge on any atom is -0.472 e. The number of likely N-dealkylation sites (tertiary alicyclic amines) is 1. The summed E-state index contributed by atoms with van der Waals surface area (Å²) in [4.78, 5) is 17.5. The predicted octanol–water partition coefficient (Wildman–Crippen LogP) is 2.16. The zero-order chi connectivity index (χ0) is 17.7. The molecule has 0 saturated carbocycles. The van der Waals surface area contributed by atoms with E-state index >= 15 is 0 Å². The molecule has 1 amide bonds. The Hall–Kier alpha value is -1.48. The molecule has 0 spiro atoms. The van der Waals surface area contributed by atoms with Gasteiger partial charge in [0.05, 0.1) is 18.2 Å². The van der Waals surface area contributed by atoms with E-state index in [1.54, 1.807) is 16.7 Å². The highest BCUT2D eigenvalue weighted by atomic mass is 32.2. The van der Waals surface area contributed by atoms with Crippen molar-refractivity contribution in [3.63, 3.8) is 0 Å². The van der Waals surface area contributed by atoms with E-state index in [9.17, 15) is 18.0 Å². The minimum atomic E-state index is -4.42. The molecule has 1 saturated heterocycles. The van der Waals surface area contributed by atoms with Crippen LogP contribution in [0, 0.1) is 0 Å². The molecule has 1 fully saturated rings. The number of hydrogen-bond acceptors (Lipinski definition) is 5. The molecule has 1 aliphatic heterocycles. The maximum Gasteiger partial charge on any atom is 0.417 e. The van der Waals surface area contributed by atoms with Gasteiger partial charge in [0.15, 0.2) is 0 Å². The molecule has 2 heterocycles. The van der Waals surface area contributed by atoms with Crippen molar-refractivity contribution in [1.82, 2.24) is 9.88 Å². The van der Waals surface area contributed by atoms with Crippen molar-refractivity contribution in [1.29, 1.82) is 0 Å². The van der Waals surface area contributed by atoms with Gasteiger partial charge < -0.3 is 15.4 Å². The molecule has 0 radical (unpaired) electrons. The summed E-state index contributed by atoms with van der Waals surface area (Å²) in [6, 6.07) is 1.59. The quantitative estimate of drug-likeness (QED) is 0.839. The van der Waals surface area contributed by atoms with Gasteiger partial charge in [-0.15, -0.1) is 0 Å². The van der Waals surface area contributed by atoms with E-state index in [-0.39, 0.29) is 17.9 Å². The smallest absolute Gasteiger partial charge is 0.417 e. The van der Waals surface area contributed by atoms with Crippen molar-refractivity contribution < 1.29 is 22.7 Å². The fourth-order valence-corrected chi connectivity index (χ4v) is 2.91. The maximum absolute atomic E-state index is 12.5. The van der Waals surface area contributed by atoms with Crippen molar-refractivity contribution in [2.45, 2.75) is 31.2 Å². The Morgan fingerprint density at radius 3 is 2.88 bits per heavy atom. The number of ether oxygens (including phenoxy) is 1. The lowest BCUT2D eigenvalue weighted by Gasteiger charge is -2.20. The number of carbonyl (C=O) groups excluding carboxylic acids is 1. The van der Waals surface area contributed by atoms with Gasteiger partial charge in [0.1, 0.15) is 6.10 Å². The van der Waals surface area contributed by atoms with Gasteiger partial charge >= 0.3 is 6.18 Å². The van der Waals surface area contributed by atoms with E-state index in [0.29, 0.717) is 25.9 Å². The molecule has 134 valence electrons. The van der Waals surface area contributed by atoms with Gasteiger partial charge in [-0.3, -0.25) is 4.79 Å². The van der Waals surface area contributed by atoms with Crippen LogP contribution < -0.4 is 10.5 Å². The van der Waals surface area contributed by atoms with E-state index < -0.39 is 17.8 Å². The molecule has 2 N–H and O–H groups in total. The largest absolute Gasteiger partial charge is 0.472 e. The van der Waals surface area contributed by atoms with Crippen LogP contribution >= 0.6 is 11.8 Å². The number of alkyl halides is 3. The number of thioether (sulfide) groups is 1. The molecule has 0 unspecified atom stereocenters. The molecule has 1 aliphatic rings. The molecule has 2 atom stereocenters. The second-order valence-electron chi connectivity index (χ2n) is 5.58. The lowest BCUT2D eigenvalue weighted by Crippen LogP contribution is -2.43. The molecular weight excluding hydrogens is 343 g/mol. The predicted molar refractivity (Wildman–Crippen MR) is 85.8 cm³/mol. The molecule has 2 rings (SSSR count). The highest BCUT2D eigenvalue weighted by molar-refractivity contribution is 7.98. The molecule has 24 heavy (non-hydrogen) atoms. The average molecular weight is 363 g/mol. The lowest BCUT2D eigenvalue weighted by atomic mass is 10.2. The van der Waals surface area contributed by atoms with Crippen LogP contribution in [0.15, 0.2) is 18.3 Å². The second-order valence-corrected chi connectivity index (χ2v) is 6.57. The van der Waals surface area contributed by atoms with Crippen LogP contribution in [-0.2, 0) is 11.0 Å². The molecular formula is C15H20F3N3O2S. The number of hydrogen-bond donors (Lipinski definition) is 1. The van der Waals surface area contributed by atoms with Crippen LogP contribution in [-0.4, -0.2) is 53.0 Å². The highest BCUT2D eigenvalue weighted by Crippen LogP contribution is 2.29. The third-order valence-electron chi connectivity index (χ3n) is 3.76. The standard InChI is InChI=1S/C15H20F3N3O2S/c1-24-7-5-12(19)14(22)21-6-4-11(9-21)23-13-3-2-10(8-20-13)15(16,17)18/h2-3,8,11-12H,4-7,9,19H2,1H3/t11-,12-/m0/s1. The van der Waals surface area contributed by atoms with Crippen LogP contribution in [0.5, 0.6) is 5.88 Å². The third-order valence-corrected chi connectivity index (χ3v) is 4.40. The fourth-order valence-electron chi connectivity index (χ4n) is 2.42.